The van der Waals surface area contributed by atoms with Gasteiger partial charge in [-0.05, 0) is 36.4 Å². The summed E-state index contributed by atoms with van der Waals surface area (Å²) >= 11 is 0. The molecule has 1 saturated heterocycles. The van der Waals surface area contributed by atoms with E-state index >= 15 is 0 Å². The van der Waals surface area contributed by atoms with Gasteiger partial charge in [0.25, 0.3) is 5.91 Å². The molecule has 30 heavy (non-hydrogen) atoms. The molecule has 0 unspecified atom stereocenters. The van der Waals surface area contributed by atoms with Crippen LogP contribution in [0.3, 0.4) is 0 Å². The van der Waals surface area contributed by atoms with E-state index in [0.717, 1.165) is 16.7 Å². The summed E-state index contributed by atoms with van der Waals surface area (Å²) in [5.74, 6) is 1.39. The second-order valence-corrected chi connectivity index (χ2v) is 7.60. The molecule has 3 aromatic rings. The highest BCUT2D eigenvalue weighted by Gasteiger charge is 2.23. The van der Waals surface area contributed by atoms with Gasteiger partial charge in [-0.1, -0.05) is 0 Å². The van der Waals surface area contributed by atoms with E-state index in [9.17, 15) is 9.59 Å². The predicted octanol–water partition coefficient (Wildman–Crippen LogP) is 3.25. The van der Waals surface area contributed by atoms with Crippen LogP contribution in [0.5, 0.6) is 5.75 Å². The second kappa shape index (κ2) is 8.06. The number of carbonyl (C=O) groups is 2. The summed E-state index contributed by atoms with van der Waals surface area (Å²) in [4.78, 5) is 30.7. The summed E-state index contributed by atoms with van der Waals surface area (Å²) in [6.45, 7) is 0.971. The molecule has 2 amide bonds. The Hall–Kier alpha value is -3.55. The van der Waals surface area contributed by atoms with Gasteiger partial charge in [0.2, 0.25) is 0 Å². The zero-order valence-electron chi connectivity index (χ0n) is 17.0. The van der Waals surface area contributed by atoms with Crippen LogP contribution >= 0.6 is 0 Å². The van der Waals surface area contributed by atoms with Crippen LogP contribution in [0.2, 0.25) is 0 Å². The van der Waals surface area contributed by atoms with E-state index in [4.69, 9.17) is 9.84 Å². The molecule has 3 heterocycles. The summed E-state index contributed by atoms with van der Waals surface area (Å²) in [6, 6.07) is 11.4. The average molecular weight is 408 g/mol. The Morgan fingerprint density at radius 3 is 2.53 bits per heavy atom. The molecule has 0 aliphatic carbocycles. The molecule has 1 fully saturated rings. The Morgan fingerprint density at radius 1 is 1.13 bits per heavy atom. The summed E-state index contributed by atoms with van der Waals surface area (Å²) in [5.41, 5.74) is 1.61. The third-order valence-electron chi connectivity index (χ3n) is 5.33. The van der Waals surface area contributed by atoms with Crippen LogP contribution in [0.1, 0.15) is 23.2 Å². The standard InChI is InChI=1S/C22H24N4O4/c1-24(2)21(27)16-3-5-19-15(13-16)7-12-26(19)20-6-4-18(14-23-20)30-17-8-10-25(11-9-17)22(28)29/h3-7,12-14,17H,8-11H2,1-2H3,(H,28,29). The Kier molecular flexibility index (Phi) is 5.31. The Morgan fingerprint density at radius 2 is 1.90 bits per heavy atom. The lowest BCUT2D eigenvalue weighted by Gasteiger charge is -2.30. The van der Waals surface area contributed by atoms with Gasteiger partial charge < -0.3 is 24.2 Å². The van der Waals surface area contributed by atoms with Crippen molar-refractivity contribution in [2.45, 2.75) is 18.9 Å². The van der Waals surface area contributed by atoms with E-state index in [1.165, 1.54) is 4.90 Å². The van der Waals surface area contributed by atoms with Crippen molar-refractivity contribution in [2.24, 2.45) is 0 Å². The molecule has 1 aliphatic heterocycles. The highest BCUT2D eigenvalue weighted by Crippen LogP contribution is 2.24. The van der Waals surface area contributed by atoms with Crippen molar-refractivity contribution in [1.82, 2.24) is 19.4 Å². The average Bonchev–Trinajstić information content (AvgIpc) is 3.17. The maximum absolute atomic E-state index is 12.2. The number of benzene rings is 1. The smallest absolute Gasteiger partial charge is 0.407 e. The minimum atomic E-state index is -0.878. The van der Waals surface area contributed by atoms with Crippen LogP contribution in [0.4, 0.5) is 4.79 Å². The van der Waals surface area contributed by atoms with Crippen molar-refractivity contribution in [3.63, 3.8) is 0 Å². The van der Waals surface area contributed by atoms with Crippen LogP contribution in [0.25, 0.3) is 16.7 Å². The van der Waals surface area contributed by atoms with Gasteiger partial charge in [-0.2, -0.15) is 0 Å². The molecule has 2 aromatic heterocycles. The van der Waals surface area contributed by atoms with Gasteiger partial charge in [0, 0.05) is 57.2 Å². The fraction of sp³-hybridized carbons (Fsp3) is 0.318. The first-order chi connectivity index (χ1) is 14.4. The first-order valence-electron chi connectivity index (χ1n) is 9.86. The zero-order valence-corrected chi connectivity index (χ0v) is 17.0. The molecule has 4 rings (SSSR count). The Bertz CT molecular complexity index is 1070. The number of hydrogen-bond acceptors (Lipinski definition) is 4. The third kappa shape index (κ3) is 3.94. The fourth-order valence-electron chi connectivity index (χ4n) is 3.68. The van der Waals surface area contributed by atoms with E-state index in [-0.39, 0.29) is 12.0 Å². The SMILES string of the molecule is CN(C)C(=O)c1ccc2c(ccn2-c2ccc(OC3CCN(C(=O)O)CC3)cn2)c1. The Labute approximate surface area is 174 Å². The number of amides is 2. The maximum atomic E-state index is 12.2. The van der Waals surface area contributed by atoms with E-state index < -0.39 is 6.09 Å². The molecule has 0 spiro atoms. The quantitative estimate of drug-likeness (QED) is 0.716. The number of pyridine rings is 1. The van der Waals surface area contributed by atoms with Crippen molar-refractivity contribution in [3.8, 4) is 11.6 Å². The van der Waals surface area contributed by atoms with Crippen LogP contribution in [-0.4, -0.2) is 69.7 Å². The van der Waals surface area contributed by atoms with Crippen molar-refractivity contribution < 1.29 is 19.4 Å². The molecule has 0 bridgehead atoms. The van der Waals surface area contributed by atoms with Gasteiger partial charge in [-0.3, -0.25) is 4.79 Å². The lowest BCUT2D eigenvalue weighted by atomic mass is 10.1. The number of nitrogens with zero attached hydrogens (tertiary/aromatic N) is 4. The number of aromatic nitrogens is 2. The van der Waals surface area contributed by atoms with Gasteiger partial charge in [0.1, 0.15) is 17.7 Å². The number of hydrogen-bond donors (Lipinski definition) is 1. The van der Waals surface area contributed by atoms with Crippen LogP contribution < -0.4 is 4.74 Å². The van der Waals surface area contributed by atoms with E-state index in [2.05, 4.69) is 4.98 Å². The fourth-order valence-corrected chi connectivity index (χ4v) is 3.68. The highest BCUT2D eigenvalue weighted by molar-refractivity contribution is 5.98. The number of likely N-dealkylation sites (tertiary alicyclic amines) is 1. The van der Waals surface area contributed by atoms with Gasteiger partial charge in [-0.15, -0.1) is 0 Å². The summed E-state index contributed by atoms with van der Waals surface area (Å²) in [7, 11) is 3.47. The van der Waals surface area contributed by atoms with Crippen molar-refractivity contribution in [2.75, 3.05) is 27.2 Å². The van der Waals surface area contributed by atoms with E-state index in [1.54, 1.807) is 25.2 Å². The molecule has 8 heteroatoms. The van der Waals surface area contributed by atoms with Gasteiger partial charge in [0.05, 0.1) is 11.7 Å². The molecule has 1 aliphatic rings. The van der Waals surface area contributed by atoms with Crippen molar-refractivity contribution in [3.05, 3.63) is 54.4 Å². The van der Waals surface area contributed by atoms with Crippen LogP contribution in [-0.2, 0) is 0 Å². The molecule has 0 radical (unpaired) electrons. The van der Waals surface area contributed by atoms with Crippen LogP contribution in [0.15, 0.2) is 48.8 Å². The number of piperidine rings is 1. The van der Waals surface area contributed by atoms with E-state index in [0.29, 0.717) is 37.2 Å². The first-order valence-corrected chi connectivity index (χ1v) is 9.86. The molecule has 8 nitrogen and oxygen atoms in total. The second-order valence-electron chi connectivity index (χ2n) is 7.60. The molecular formula is C22H24N4O4. The lowest BCUT2D eigenvalue weighted by Crippen LogP contribution is -2.41. The highest BCUT2D eigenvalue weighted by atomic mass is 16.5. The van der Waals surface area contributed by atoms with Crippen molar-refractivity contribution in [1.29, 1.82) is 0 Å². The summed E-state index contributed by atoms with van der Waals surface area (Å²) in [6.07, 6.45) is 4.08. The molecule has 156 valence electrons. The van der Waals surface area contributed by atoms with Crippen LogP contribution in [0, 0.1) is 0 Å². The summed E-state index contributed by atoms with van der Waals surface area (Å²) in [5, 5.41) is 10.00. The molecule has 1 N–H and O–H groups in total. The lowest BCUT2D eigenvalue weighted by molar-refractivity contribution is 0.0827. The number of rotatable bonds is 4. The monoisotopic (exact) mass is 408 g/mol. The van der Waals surface area contributed by atoms with Crippen molar-refractivity contribution >= 4 is 22.9 Å². The predicted molar refractivity (Wildman–Crippen MR) is 112 cm³/mol. The minimum Gasteiger partial charge on any atom is -0.489 e. The zero-order chi connectivity index (χ0) is 21.3. The summed E-state index contributed by atoms with van der Waals surface area (Å²) < 4.78 is 7.94. The molecule has 1 aromatic carbocycles. The van der Waals surface area contributed by atoms with Gasteiger partial charge >= 0.3 is 6.09 Å². The number of ether oxygens (including phenoxy) is 1. The van der Waals surface area contributed by atoms with Gasteiger partial charge in [-0.25, -0.2) is 9.78 Å². The van der Waals surface area contributed by atoms with E-state index in [1.807, 2.05) is 47.2 Å². The number of carboxylic acid groups (broad SMARTS) is 1. The minimum absolute atomic E-state index is 0.00619. The number of carbonyl (C=O) groups excluding carboxylic acids is 1. The van der Waals surface area contributed by atoms with Gasteiger partial charge in [0.15, 0.2) is 0 Å². The topological polar surface area (TPSA) is 87.9 Å². The molecule has 0 atom stereocenters. The largest absolute Gasteiger partial charge is 0.489 e. The molecule has 0 saturated carbocycles. The first kappa shape index (κ1) is 19.8. The Balaban J connectivity index is 1.47. The normalized spacial score (nSPS) is 14.7. The number of fused-ring (bicyclic) bond motifs is 1. The third-order valence-corrected chi connectivity index (χ3v) is 5.33. The molecular weight excluding hydrogens is 384 g/mol. The maximum Gasteiger partial charge on any atom is 0.407 e.